The average Bonchev–Trinajstić information content (AvgIpc) is 3.30. The average molecular weight is 372 g/mol. The third-order valence-corrected chi connectivity index (χ3v) is 5.53. The summed E-state index contributed by atoms with van der Waals surface area (Å²) in [6.45, 7) is 1.25. The number of methoxy groups -OCH3 is 3. The molecule has 4 atom stereocenters. The Morgan fingerprint density at radius 2 is 1.26 bits per heavy atom. The first-order valence-corrected chi connectivity index (χ1v) is 8.98. The van der Waals surface area contributed by atoms with Gasteiger partial charge in [0.1, 0.15) is 0 Å². The highest BCUT2D eigenvalue weighted by Crippen LogP contribution is 2.51. The highest BCUT2D eigenvalue weighted by atomic mass is 16.5. The molecule has 1 N–H and O–H groups in total. The van der Waals surface area contributed by atoms with Crippen molar-refractivity contribution in [1.29, 1.82) is 0 Å². The van der Waals surface area contributed by atoms with Crippen LogP contribution in [0.3, 0.4) is 0 Å². The molecule has 2 aliphatic rings. The molecule has 0 unspecified atom stereocenters. The minimum Gasteiger partial charge on any atom is -0.504 e. The van der Waals surface area contributed by atoms with Crippen molar-refractivity contribution < 1.29 is 28.8 Å². The van der Waals surface area contributed by atoms with Crippen molar-refractivity contribution >= 4 is 0 Å². The summed E-state index contributed by atoms with van der Waals surface area (Å²) in [6, 6.07) is 11.3. The lowest BCUT2D eigenvalue weighted by atomic mass is 9.85. The SMILES string of the molecule is COc1cc([C@H]2OC[C@@H]3[C@@H]2CO[C@@H]3c2ccc(OC)c(OC)c2)ccc1O. The zero-order valence-corrected chi connectivity index (χ0v) is 15.7. The predicted molar refractivity (Wildman–Crippen MR) is 98.6 cm³/mol. The van der Waals surface area contributed by atoms with Crippen LogP contribution < -0.4 is 14.2 Å². The van der Waals surface area contributed by atoms with Gasteiger partial charge in [-0.1, -0.05) is 12.1 Å². The van der Waals surface area contributed by atoms with E-state index in [0.717, 1.165) is 11.1 Å². The Bertz CT molecular complexity index is 820. The number of phenols is 1. The third kappa shape index (κ3) is 3.09. The van der Waals surface area contributed by atoms with E-state index in [9.17, 15) is 5.11 Å². The van der Waals surface area contributed by atoms with E-state index in [0.29, 0.717) is 30.5 Å². The van der Waals surface area contributed by atoms with E-state index in [4.69, 9.17) is 23.7 Å². The van der Waals surface area contributed by atoms with Gasteiger partial charge in [0, 0.05) is 11.8 Å². The zero-order chi connectivity index (χ0) is 19.0. The van der Waals surface area contributed by atoms with Crippen LogP contribution in [-0.2, 0) is 9.47 Å². The van der Waals surface area contributed by atoms with Gasteiger partial charge in [0.05, 0.1) is 46.8 Å². The van der Waals surface area contributed by atoms with Crippen molar-refractivity contribution in [1.82, 2.24) is 0 Å². The summed E-state index contributed by atoms with van der Waals surface area (Å²) in [7, 11) is 4.80. The maximum absolute atomic E-state index is 9.84. The molecule has 0 spiro atoms. The van der Waals surface area contributed by atoms with Gasteiger partial charge in [0.15, 0.2) is 23.0 Å². The number of hydrogen-bond acceptors (Lipinski definition) is 6. The first-order valence-electron chi connectivity index (χ1n) is 8.98. The van der Waals surface area contributed by atoms with E-state index in [2.05, 4.69) is 0 Å². The van der Waals surface area contributed by atoms with Gasteiger partial charge in [-0.15, -0.1) is 0 Å². The molecule has 0 amide bonds. The summed E-state index contributed by atoms with van der Waals surface area (Å²) in [5.74, 6) is 2.48. The normalized spacial score (nSPS) is 26.6. The number of hydrogen-bond donors (Lipinski definition) is 1. The largest absolute Gasteiger partial charge is 0.504 e. The number of ether oxygens (including phenoxy) is 5. The number of fused-ring (bicyclic) bond motifs is 1. The smallest absolute Gasteiger partial charge is 0.161 e. The van der Waals surface area contributed by atoms with Gasteiger partial charge in [0.25, 0.3) is 0 Å². The lowest BCUT2D eigenvalue weighted by Gasteiger charge is -2.18. The summed E-state index contributed by atoms with van der Waals surface area (Å²) >= 11 is 0. The van der Waals surface area contributed by atoms with E-state index < -0.39 is 0 Å². The minimum absolute atomic E-state index is 0.0428. The molecule has 2 saturated heterocycles. The van der Waals surface area contributed by atoms with Crippen LogP contribution in [-0.4, -0.2) is 39.6 Å². The van der Waals surface area contributed by atoms with Crippen molar-refractivity contribution in [3.05, 3.63) is 47.5 Å². The number of phenolic OH excluding ortho intramolecular Hbond substituents is 1. The van der Waals surface area contributed by atoms with E-state index in [1.807, 2.05) is 30.3 Å². The molecule has 2 aromatic rings. The van der Waals surface area contributed by atoms with Gasteiger partial charge in [0.2, 0.25) is 0 Å². The molecule has 0 saturated carbocycles. The van der Waals surface area contributed by atoms with Crippen LogP contribution in [0.25, 0.3) is 0 Å². The fraction of sp³-hybridized carbons (Fsp3) is 0.429. The fourth-order valence-corrected chi connectivity index (χ4v) is 4.14. The summed E-state index contributed by atoms with van der Waals surface area (Å²) in [5.41, 5.74) is 2.06. The van der Waals surface area contributed by atoms with Crippen LogP contribution in [0.15, 0.2) is 36.4 Å². The molecule has 0 bridgehead atoms. The van der Waals surface area contributed by atoms with E-state index in [-0.39, 0.29) is 29.8 Å². The maximum Gasteiger partial charge on any atom is 0.161 e. The molecule has 0 aliphatic carbocycles. The standard InChI is InChI=1S/C21H24O6/c1-23-17-7-5-13(9-19(17)25-3)21-15-11-26-20(14(15)10-27-21)12-4-6-16(22)18(8-12)24-2/h4-9,14-15,20-22H,10-11H2,1-3H3/t14-,15+,20+,21+/m0/s1. The van der Waals surface area contributed by atoms with Crippen LogP contribution in [0.2, 0.25) is 0 Å². The van der Waals surface area contributed by atoms with Crippen LogP contribution in [0.4, 0.5) is 0 Å². The molecule has 144 valence electrons. The van der Waals surface area contributed by atoms with Gasteiger partial charge >= 0.3 is 0 Å². The number of rotatable bonds is 5. The van der Waals surface area contributed by atoms with E-state index in [1.54, 1.807) is 27.4 Å². The Morgan fingerprint density at radius 3 is 1.81 bits per heavy atom. The third-order valence-electron chi connectivity index (χ3n) is 5.53. The topological polar surface area (TPSA) is 66.4 Å². The second-order valence-corrected chi connectivity index (χ2v) is 6.88. The molecule has 2 aliphatic heterocycles. The minimum atomic E-state index is -0.0744. The summed E-state index contributed by atoms with van der Waals surface area (Å²) in [5, 5.41) is 9.84. The first-order chi connectivity index (χ1) is 13.2. The van der Waals surface area contributed by atoms with E-state index >= 15 is 0 Å². The monoisotopic (exact) mass is 372 g/mol. The quantitative estimate of drug-likeness (QED) is 0.867. The van der Waals surface area contributed by atoms with Crippen molar-refractivity contribution in [2.24, 2.45) is 11.8 Å². The molecule has 0 aromatic heterocycles. The molecular formula is C21H24O6. The molecule has 2 fully saturated rings. The predicted octanol–water partition coefficient (Wildman–Crippen LogP) is 3.49. The lowest BCUT2D eigenvalue weighted by molar-refractivity contribution is 0.0191. The molecule has 2 aromatic carbocycles. The van der Waals surface area contributed by atoms with Crippen LogP contribution in [0.5, 0.6) is 23.0 Å². The van der Waals surface area contributed by atoms with Crippen molar-refractivity contribution in [3.63, 3.8) is 0 Å². The highest BCUT2D eigenvalue weighted by molar-refractivity contribution is 5.45. The Kier molecular flexibility index (Phi) is 4.85. The second-order valence-electron chi connectivity index (χ2n) is 6.88. The number of aromatic hydroxyl groups is 1. The molecule has 27 heavy (non-hydrogen) atoms. The fourth-order valence-electron chi connectivity index (χ4n) is 4.14. The van der Waals surface area contributed by atoms with Crippen molar-refractivity contribution in [2.75, 3.05) is 34.5 Å². The van der Waals surface area contributed by atoms with Crippen molar-refractivity contribution in [2.45, 2.75) is 12.2 Å². The lowest BCUT2D eigenvalue weighted by Crippen LogP contribution is -2.14. The zero-order valence-electron chi connectivity index (χ0n) is 15.7. The van der Waals surface area contributed by atoms with Gasteiger partial charge < -0.3 is 28.8 Å². The summed E-state index contributed by atoms with van der Waals surface area (Å²) in [6.07, 6.45) is -0.117. The van der Waals surface area contributed by atoms with Gasteiger partial charge in [-0.3, -0.25) is 0 Å². The summed E-state index contributed by atoms with van der Waals surface area (Å²) < 4.78 is 28.3. The second kappa shape index (κ2) is 7.29. The van der Waals surface area contributed by atoms with Crippen LogP contribution in [0, 0.1) is 11.8 Å². The highest BCUT2D eigenvalue weighted by Gasteiger charge is 2.48. The molecule has 6 nitrogen and oxygen atoms in total. The van der Waals surface area contributed by atoms with Gasteiger partial charge in [-0.2, -0.15) is 0 Å². The van der Waals surface area contributed by atoms with Crippen molar-refractivity contribution in [3.8, 4) is 23.0 Å². The Balaban J connectivity index is 1.57. The maximum atomic E-state index is 9.84. The molecule has 6 heteroatoms. The van der Waals surface area contributed by atoms with Crippen LogP contribution in [0.1, 0.15) is 23.3 Å². The molecule has 2 heterocycles. The van der Waals surface area contributed by atoms with Crippen LogP contribution >= 0.6 is 0 Å². The van der Waals surface area contributed by atoms with Gasteiger partial charge in [-0.25, -0.2) is 0 Å². The Labute approximate surface area is 158 Å². The first kappa shape index (κ1) is 17.9. The Hall–Kier alpha value is -2.44. The Morgan fingerprint density at radius 1 is 0.741 bits per heavy atom. The summed E-state index contributed by atoms with van der Waals surface area (Å²) in [4.78, 5) is 0. The number of benzene rings is 2. The molecular weight excluding hydrogens is 348 g/mol. The van der Waals surface area contributed by atoms with Gasteiger partial charge in [-0.05, 0) is 35.4 Å². The molecule has 0 radical (unpaired) electrons. The van der Waals surface area contributed by atoms with E-state index in [1.165, 1.54) is 0 Å². The molecule has 4 rings (SSSR count).